The standard InChI is InChI=1S/C18H21N5O2S/c1-12(14-7-5-4-6-8-14)9-17-20-21-18(25-17)26-11-16(24)19-15-10-13(2)22-23(15)3/h4-8,10,12H,9,11H2,1-3H3,(H,19,24). The minimum absolute atomic E-state index is 0.143. The Morgan fingerprint density at radius 3 is 2.77 bits per heavy atom. The molecule has 3 aromatic rings. The minimum atomic E-state index is -0.143. The number of rotatable bonds is 7. The van der Waals surface area contributed by atoms with Crippen LogP contribution in [0, 0.1) is 6.92 Å². The van der Waals surface area contributed by atoms with E-state index in [0.717, 1.165) is 5.69 Å². The second-order valence-corrected chi connectivity index (χ2v) is 7.04. The van der Waals surface area contributed by atoms with Crippen molar-refractivity contribution in [3.05, 3.63) is 53.5 Å². The molecule has 0 bridgehead atoms. The molecular weight excluding hydrogens is 350 g/mol. The van der Waals surface area contributed by atoms with Crippen LogP contribution >= 0.6 is 11.8 Å². The molecule has 0 aliphatic heterocycles. The molecule has 1 atom stereocenters. The molecule has 0 radical (unpaired) electrons. The van der Waals surface area contributed by atoms with Crippen molar-refractivity contribution in [1.82, 2.24) is 20.0 Å². The summed E-state index contributed by atoms with van der Waals surface area (Å²) < 4.78 is 7.28. The van der Waals surface area contributed by atoms with Gasteiger partial charge in [0.2, 0.25) is 11.8 Å². The van der Waals surface area contributed by atoms with Gasteiger partial charge in [0.1, 0.15) is 5.82 Å². The van der Waals surface area contributed by atoms with Crippen LogP contribution in [0.15, 0.2) is 46.0 Å². The Morgan fingerprint density at radius 2 is 2.08 bits per heavy atom. The van der Waals surface area contributed by atoms with Gasteiger partial charge in [0.25, 0.3) is 5.22 Å². The molecule has 0 aliphatic rings. The number of thioether (sulfide) groups is 1. The van der Waals surface area contributed by atoms with Crippen LogP contribution < -0.4 is 5.32 Å². The van der Waals surface area contributed by atoms with Crippen LogP contribution in [-0.2, 0) is 18.3 Å². The van der Waals surface area contributed by atoms with Crippen molar-refractivity contribution in [2.45, 2.75) is 31.4 Å². The molecule has 0 saturated carbocycles. The van der Waals surface area contributed by atoms with Crippen LogP contribution in [0.5, 0.6) is 0 Å². The van der Waals surface area contributed by atoms with Crippen molar-refractivity contribution in [1.29, 1.82) is 0 Å². The van der Waals surface area contributed by atoms with E-state index in [0.29, 0.717) is 23.4 Å². The molecule has 3 rings (SSSR count). The Balaban J connectivity index is 1.50. The lowest BCUT2D eigenvalue weighted by atomic mass is 9.98. The Morgan fingerprint density at radius 1 is 1.31 bits per heavy atom. The molecular formula is C18H21N5O2S. The summed E-state index contributed by atoms with van der Waals surface area (Å²) >= 11 is 1.22. The van der Waals surface area contributed by atoms with Gasteiger partial charge in [-0.05, 0) is 18.4 Å². The van der Waals surface area contributed by atoms with E-state index in [-0.39, 0.29) is 17.6 Å². The Kier molecular flexibility index (Phi) is 5.72. The van der Waals surface area contributed by atoms with Gasteiger partial charge in [-0.15, -0.1) is 10.2 Å². The van der Waals surface area contributed by atoms with E-state index in [1.807, 2.05) is 31.2 Å². The van der Waals surface area contributed by atoms with Gasteiger partial charge in [0, 0.05) is 19.5 Å². The monoisotopic (exact) mass is 371 g/mol. The molecule has 1 N–H and O–H groups in total. The molecule has 7 nitrogen and oxygen atoms in total. The first-order valence-electron chi connectivity index (χ1n) is 8.32. The molecule has 136 valence electrons. The molecule has 0 spiro atoms. The van der Waals surface area contributed by atoms with E-state index in [2.05, 4.69) is 39.7 Å². The molecule has 0 saturated heterocycles. The van der Waals surface area contributed by atoms with E-state index in [1.165, 1.54) is 17.3 Å². The zero-order valence-corrected chi connectivity index (χ0v) is 15.8. The first-order valence-corrected chi connectivity index (χ1v) is 9.30. The third-order valence-corrected chi connectivity index (χ3v) is 4.71. The fraction of sp³-hybridized carbons (Fsp3) is 0.333. The second-order valence-electron chi connectivity index (χ2n) is 6.11. The summed E-state index contributed by atoms with van der Waals surface area (Å²) in [5, 5.41) is 15.5. The largest absolute Gasteiger partial charge is 0.416 e. The number of nitrogens with zero attached hydrogens (tertiary/aromatic N) is 4. The van der Waals surface area contributed by atoms with Crippen LogP contribution in [0.1, 0.15) is 30.0 Å². The number of amides is 1. The lowest BCUT2D eigenvalue weighted by Crippen LogP contribution is -2.16. The van der Waals surface area contributed by atoms with Crippen molar-refractivity contribution < 1.29 is 9.21 Å². The highest BCUT2D eigenvalue weighted by molar-refractivity contribution is 7.99. The van der Waals surface area contributed by atoms with E-state index < -0.39 is 0 Å². The van der Waals surface area contributed by atoms with Crippen molar-refractivity contribution in [2.24, 2.45) is 7.05 Å². The zero-order valence-electron chi connectivity index (χ0n) is 15.0. The summed E-state index contributed by atoms with van der Waals surface area (Å²) in [6, 6.07) is 12.0. The molecule has 2 heterocycles. The Hall–Kier alpha value is -2.61. The zero-order chi connectivity index (χ0) is 18.5. The average Bonchev–Trinajstić information content (AvgIpc) is 3.19. The van der Waals surface area contributed by atoms with Crippen molar-refractivity contribution >= 4 is 23.5 Å². The van der Waals surface area contributed by atoms with Gasteiger partial charge >= 0.3 is 0 Å². The highest BCUT2D eigenvalue weighted by Crippen LogP contribution is 2.22. The van der Waals surface area contributed by atoms with Crippen molar-refractivity contribution in [3.8, 4) is 0 Å². The SMILES string of the molecule is Cc1cc(NC(=O)CSc2nnc(CC(C)c3ccccc3)o2)n(C)n1. The number of hydrogen-bond acceptors (Lipinski definition) is 6. The van der Waals surface area contributed by atoms with Gasteiger partial charge in [-0.1, -0.05) is 49.0 Å². The number of carbonyl (C=O) groups is 1. The number of anilines is 1. The first kappa shape index (κ1) is 18.2. The quantitative estimate of drug-likeness (QED) is 0.642. The summed E-state index contributed by atoms with van der Waals surface area (Å²) in [4.78, 5) is 12.1. The molecule has 1 aromatic carbocycles. The predicted molar refractivity (Wildman–Crippen MR) is 100 cm³/mol. The normalized spacial score (nSPS) is 12.1. The second kappa shape index (κ2) is 8.18. The maximum atomic E-state index is 12.1. The molecule has 1 unspecified atom stereocenters. The van der Waals surface area contributed by atoms with Gasteiger partial charge in [-0.3, -0.25) is 9.48 Å². The van der Waals surface area contributed by atoms with Crippen LogP contribution in [0.2, 0.25) is 0 Å². The fourth-order valence-electron chi connectivity index (χ4n) is 2.57. The maximum absolute atomic E-state index is 12.1. The summed E-state index contributed by atoms with van der Waals surface area (Å²) in [6.07, 6.45) is 0.665. The Bertz CT molecular complexity index is 875. The number of benzene rings is 1. The molecule has 26 heavy (non-hydrogen) atoms. The van der Waals surface area contributed by atoms with Gasteiger partial charge in [-0.25, -0.2) is 0 Å². The molecule has 8 heteroatoms. The van der Waals surface area contributed by atoms with Gasteiger partial charge in [0.15, 0.2) is 0 Å². The van der Waals surface area contributed by atoms with E-state index >= 15 is 0 Å². The number of carbonyl (C=O) groups excluding carboxylic acids is 1. The van der Waals surface area contributed by atoms with Crippen LogP contribution in [0.25, 0.3) is 0 Å². The predicted octanol–water partition coefficient (Wildman–Crippen LogP) is 3.19. The van der Waals surface area contributed by atoms with Crippen LogP contribution in [-0.4, -0.2) is 31.6 Å². The summed E-state index contributed by atoms with van der Waals surface area (Å²) in [5.41, 5.74) is 2.08. The van der Waals surface area contributed by atoms with Crippen molar-refractivity contribution in [2.75, 3.05) is 11.1 Å². The molecule has 0 fully saturated rings. The summed E-state index contributed by atoms with van der Waals surface area (Å²) in [5.74, 6) is 1.57. The van der Waals surface area contributed by atoms with E-state index in [9.17, 15) is 4.79 Å². The van der Waals surface area contributed by atoms with Crippen molar-refractivity contribution in [3.63, 3.8) is 0 Å². The highest BCUT2D eigenvalue weighted by Gasteiger charge is 2.14. The van der Waals surface area contributed by atoms with E-state index in [1.54, 1.807) is 11.7 Å². The highest BCUT2D eigenvalue weighted by atomic mass is 32.2. The molecule has 1 amide bonds. The molecule has 0 aliphatic carbocycles. The number of nitrogens with one attached hydrogen (secondary N) is 1. The number of aromatic nitrogens is 4. The maximum Gasteiger partial charge on any atom is 0.277 e. The van der Waals surface area contributed by atoms with Crippen LogP contribution in [0.4, 0.5) is 5.82 Å². The lowest BCUT2D eigenvalue weighted by Gasteiger charge is -2.08. The smallest absolute Gasteiger partial charge is 0.277 e. The minimum Gasteiger partial charge on any atom is -0.416 e. The van der Waals surface area contributed by atoms with Gasteiger partial charge in [0.05, 0.1) is 11.4 Å². The number of hydrogen-bond donors (Lipinski definition) is 1. The summed E-state index contributed by atoms with van der Waals surface area (Å²) in [6.45, 7) is 4.00. The van der Waals surface area contributed by atoms with Crippen LogP contribution in [0.3, 0.4) is 0 Å². The topological polar surface area (TPSA) is 85.8 Å². The third-order valence-electron chi connectivity index (χ3n) is 3.89. The van der Waals surface area contributed by atoms with Gasteiger partial charge < -0.3 is 9.73 Å². The third kappa shape index (κ3) is 4.72. The summed E-state index contributed by atoms with van der Waals surface area (Å²) in [7, 11) is 1.79. The first-order chi connectivity index (χ1) is 12.5. The average molecular weight is 371 g/mol. The molecule has 2 aromatic heterocycles. The lowest BCUT2D eigenvalue weighted by molar-refractivity contribution is -0.113. The fourth-order valence-corrected chi connectivity index (χ4v) is 3.15. The Labute approximate surface area is 156 Å². The van der Waals surface area contributed by atoms with Gasteiger partial charge in [-0.2, -0.15) is 5.10 Å². The van der Waals surface area contributed by atoms with E-state index in [4.69, 9.17) is 4.42 Å². The number of aryl methyl sites for hydroxylation is 2.